The van der Waals surface area contributed by atoms with E-state index in [1.807, 2.05) is 18.2 Å². The molecule has 0 saturated heterocycles. The summed E-state index contributed by atoms with van der Waals surface area (Å²) in [5, 5.41) is 6.17. The van der Waals surface area contributed by atoms with Crippen molar-refractivity contribution in [1.82, 2.24) is 15.6 Å². The van der Waals surface area contributed by atoms with Gasteiger partial charge in [0.25, 0.3) is 0 Å². The van der Waals surface area contributed by atoms with Gasteiger partial charge in [-0.05, 0) is 43.3 Å². The Morgan fingerprint density at radius 3 is 2.96 bits per heavy atom. The summed E-state index contributed by atoms with van der Waals surface area (Å²) >= 11 is 0. The first-order valence-electron chi connectivity index (χ1n) is 7.25. The number of halogens is 1. The number of nitrogens with one attached hydrogen (secondary N) is 2. The van der Waals surface area contributed by atoms with Crippen LogP contribution >= 0.6 is 0 Å². The molecule has 118 valence electrons. The fraction of sp³-hybridized carbons (Fsp3) is 0.176. The molecule has 0 radical (unpaired) electrons. The molecule has 23 heavy (non-hydrogen) atoms. The molecule has 0 saturated carbocycles. The third-order valence-corrected chi connectivity index (χ3v) is 3.43. The summed E-state index contributed by atoms with van der Waals surface area (Å²) in [6, 6.07) is 10.9. The van der Waals surface area contributed by atoms with Crippen LogP contribution in [-0.4, -0.2) is 11.0 Å². The predicted octanol–water partition coefficient (Wildman–Crippen LogP) is 3.53. The molecule has 3 aromatic rings. The number of aromatic nitrogens is 1. The van der Waals surface area contributed by atoms with Crippen LogP contribution in [0, 0.1) is 5.82 Å². The number of rotatable bonds is 4. The number of furan rings is 1. The first-order valence-corrected chi connectivity index (χ1v) is 7.25. The van der Waals surface area contributed by atoms with Crippen molar-refractivity contribution in [2.45, 2.75) is 19.5 Å². The average Bonchev–Trinajstić information content (AvgIpc) is 2.97. The molecule has 5 nitrogen and oxygen atoms in total. The number of hydrogen-bond acceptors (Lipinski definition) is 3. The molecule has 0 fully saturated rings. The Morgan fingerprint density at radius 1 is 1.30 bits per heavy atom. The maximum Gasteiger partial charge on any atom is 0.315 e. The molecule has 2 N–H and O–H groups in total. The van der Waals surface area contributed by atoms with Crippen LogP contribution in [0.15, 0.2) is 53.1 Å². The molecule has 0 aliphatic rings. The molecule has 2 aromatic heterocycles. The molecule has 0 bridgehead atoms. The topological polar surface area (TPSA) is 67.2 Å². The van der Waals surface area contributed by atoms with Gasteiger partial charge in [0.1, 0.15) is 17.2 Å². The zero-order chi connectivity index (χ0) is 16.2. The van der Waals surface area contributed by atoms with Gasteiger partial charge in [-0.25, -0.2) is 9.18 Å². The Hall–Kier alpha value is -2.89. The molecule has 0 aliphatic carbocycles. The predicted molar refractivity (Wildman–Crippen MR) is 84.2 cm³/mol. The number of pyridine rings is 1. The quantitative estimate of drug-likeness (QED) is 0.774. The second-order valence-electron chi connectivity index (χ2n) is 5.20. The van der Waals surface area contributed by atoms with Crippen molar-refractivity contribution in [2.24, 2.45) is 0 Å². The Kier molecular flexibility index (Phi) is 4.23. The van der Waals surface area contributed by atoms with Crippen molar-refractivity contribution in [3.63, 3.8) is 0 Å². The van der Waals surface area contributed by atoms with Gasteiger partial charge in [-0.2, -0.15) is 0 Å². The lowest BCUT2D eigenvalue weighted by Crippen LogP contribution is -2.36. The maximum absolute atomic E-state index is 13.2. The summed E-state index contributed by atoms with van der Waals surface area (Å²) in [4.78, 5) is 16.0. The van der Waals surface area contributed by atoms with Gasteiger partial charge >= 0.3 is 6.03 Å². The largest absolute Gasteiger partial charge is 0.459 e. The van der Waals surface area contributed by atoms with Gasteiger partial charge in [-0.15, -0.1) is 0 Å². The monoisotopic (exact) mass is 313 g/mol. The molecule has 1 unspecified atom stereocenters. The van der Waals surface area contributed by atoms with Crippen LogP contribution < -0.4 is 10.6 Å². The van der Waals surface area contributed by atoms with E-state index in [4.69, 9.17) is 4.42 Å². The zero-order valence-corrected chi connectivity index (χ0v) is 12.5. The number of carbonyl (C=O) groups is 1. The number of carbonyl (C=O) groups excluding carboxylic acids is 1. The van der Waals surface area contributed by atoms with Crippen LogP contribution in [0.4, 0.5) is 9.18 Å². The minimum absolute atomic E-state index is 0.321. The molecule has 0 aliphatic heterocycles. The van der Waals surface area contributed by atoms with E-state index in [0.29, 0.717) is 23.3 Å². The Morgan fingerprint density at radius 2 is 2.17 bits per heavy atom. The number of amides is 2. The number of hydrogen-bond donors (Lipinski definition) is 2. The van der Waals surface area contributed by atoms with Crippen LogP contribution in [0.3, 0.4) is 0 Å². The van der Waals surface area contributed by atoms with Crippen LogP contribution in [-0.2, 0) is 6.54 Å². The van der Waals surface area contributed by atoms with E-state index in [9.17, 15) is 9.18 Å². The van der Waals surface area contributed by atoms with Gasteiger partial charge < -0.3 is 15.1 Å². The highest BCUT2D eigenvalue weighted by Gasteiger charge is 2.14. The van der Waals surface area contributed by atoms with E-state index in [1.54, 1.807) is 25.3 Å². The molecule has 6 heteroatoms. The summed E-state index contributed by atoms with van der Waals surface area (Å²) in [6.07, 6.45) is 1.67. The lowest BCUT2D eigenvalue weighted by molar-refractivity contribution is 0.236. The smallest absolute Gasteiger partial charge is 0.315 e. The van der Waals surface area contributed by atoms with Crippen molar-refractivity contribution in [2.75, 3.05) is 0 Å². The van der Waals surface area contributed by atoms with Gasteiger partial charge in [0.05, 0.1) is 18.3 Å². The zero-order valence-electron chi connectivity index (χ0n) is 12.5. The standard InChI is InChI=1S/C17H16FN3O2/c1-11(16-9-12-8-13(18)5-6-15(12)23-16)21-17(22)20-10-14-4-2-3-7-19-14/h2-9,11H,10H2,1H3,(H2,20,21,22). The van der Waals surface area contributed by atoms with Crippen molar-refractivity contribution < 1.29 is 13.6 Å². The van der Waals surface area contributed by atoms with Crippen molar-refractivity contribution in [3.8, 4) is 0 Å². The number of fused-ring (bicyclic) bond motifs is 1. The fourth-order valence-corrected chi connectivity index (χ4v) is 2.24. The molecular weight excluding hydrogens is 297 g/mol. The van der Waals surface area contributed by atoms with Crippen LogP contribution in [0.5, 0.6) is 0 Å². The second-order valence-corrected chi connectivity index (χ2v) is 5.20. The number of benzene rings is 1. The summed E-state index contributed by atoms with van der Waals surface area (Å²) in [7, 11) is 0. The van der Waals surface area contributed by atoms with E-state index in [2.05, 4.69) is 15.6 Å². The van der Waals surface area contributed by atoms with Gasteiger partial charge in [0.15, 0.2) is 0 Å². The number of urea groups is 1. The first kappa shape index (κ1) is 15.0. The fourth-order valence-electron chi connectivity index (χ4n) is 2.24. The highest BCUT2D eigenvalue weighted by atomic mass is 19.1. The molecule has 1 atom stereocenters. The maximum atomic E-state index is 13.2. The van der Waals surface area contributed by atoms with E-state index in [0.717, 1.165) is 5.69 Å². The van der Waals surface area contributed by atoms with Gasteiger partial charge in [0.2, 0.25) is 0 Å². The lowest BCUT2D eigenvalue weighted by atomic mass is 10.2. The van der Waals surface area contributed by atoms with Crippen LogP contribution in [0.2, 0.25) is 0 Å². The van der Waals surface area contributed by atoms with Crippen molar-refractivity contribution in [1.29, 1.82) is 0 Å². The van der Waals surface area contributed by atoms with Gasteiger partial charge in [-0.3, -0.25) is 4.98 Å². The molecule has 2 heterocycles. The van der Waals surface area contributed by atoms with E-state index in [1.165, 1.54) is 12.1 Å². The van der Waals surface area contributed by atoms with E-state index < -0.39 is 0 Å². The van der Waals surface area contributed by atoms with Crippen LogP contribution in [0.1, 0.15) is 24.4 Å². The van der Waals surface area contributed by atoms with Crippen molar-refractivity contribution in [3.05, 3.63) is 65.9 Å². The summed E-state index contributed by atoms with van der Waals surface area (Å²) in [5.41, 5.74) is 1.36. The molecular formula is C17H16FN3O2. The highest BCUT2D eigenvalue weighted by Crippen LogP contribution is 2.24. The van der Waals surface area contributed by atoms with Gasteiger partial charge in [-0.1, -0.05) is 6.07 Å². The molecule has 1 aromatic carbocycles. The lowest BCUT2D eigenvalue weighted by Gasteiger charge is -2.12. The minimum Gasteiger partial charge on any atom is -0.459 e. The Labute approximate surface area is 132 Å². The van der Waals surface area contributed by atoms with Gasteiger partial charge in [0, 0.05) is 11.6 Å². The third kappa shape index (κ3) is 3.66. The first-order chi connectivity index (χ1) is 11.1. The summed E-state index contributed by atoms with van der Waals surface area (Å²) in [6.45, 7) is 2.14. The molecule has 0 spiro atoms. The second kappa shape index (κ2) is 6.48. The van der Waals surface area contributed by atoms with Crippen molar-refractivity contribution >= 4 is 17.0 Å². The van der Waals surface area contributed by atoms with E-state index >= 15 is 0 Å². The normalized spacial score (nSPS) is 12.1. The van der Waals surface area contributed by atoms with Crippen LogP contribution in [0.25, 0.3) is 11.0 Å². The molecule has 3 rings (SSSR count). The number of nitrogens with zero attached hydrogens (tertiary/aromatic N) is 1. The Bertz CT molecular complexity index is 817. The average molecular weight is 313 g/mol. The highest BCUT2D eigenvalue weighted by molar-refractivity contribution is 5.78. The summed E-state index contributed by atoms with van der Waals surface area (Å²) < 4.78 is 18.8. The SMILES string of the molecule is CC(NC(=O)NCc1ccccn1)c1cc2cc(F)ccc2o1. The molecule has 2 amide bonds. The Balaban J connectivity index is 1.61. The third-order valence-electron chi connectivity index (χ3n) is 3.43. The summed E-state index contributed by atoms with van der Waals surface area (Å²) in [5.74, 6) is 0.247. The minimum atomic E-state index is -0.339. The van der Waals surface area contributed by atoms with E-state index in [-0.39, 0.29) is 17.9 Å².